The highest BCUT2D eigenvalue weighted by Crippen LogP contribution is 2.31. The summed E-state index contributed by atoms with van der Waals surface area (Å²) in [6.45, 7) is 4.96. The average Bonchev–Trinajstić information content (AvgIpc) is 2.35. The smallest absolute Gasteiger partial charge is 0.127 e. The molecule has 1 aromatic rings. The van der Waals surface area contributed by atoms with Crippen molar-refractivity contribution in [3.63, 3.8) is 0 Å². The van der Waals surface area contributed by atoms with Gasteiger partial charge >= 0.3 is 0 Å². The molecule has 1 unspecified atom stereocenters. The zero-order chi connectivity index (χ0) is 12.9. The van der Waals surface area contributed by atoms with Crippen molar-refractivity contribution in [2.24, 2.45) is 5.73 Å². The number of nitrogens with two attached hydrogens (primary N) is 1. The highest BCUT2D eigenvalue weighted by molar-refractivity contribution is 5.44. The summed E-state index contributed by atoms with van der Waals surface area (Å²) in [6, 6.07) is 5.61. The number of rotatable bonds is 6. The van der Waals surface area contributed by atoms with Gasteiger partial charge in [-0.15, -0.1) is 0 Å². The molecule has 0 spiro atoms. The summed E-state index contributed by atoms with van der Waals surface area (Å²) in [5, 5.41) is 0. The fourth-order valence-electron chi connectivity index (χ4n) is 1.66. The Hall–Kier alpha value is -1.26. The number of hydrogen-bond acceptors (Lipinski definition) is 4. The van der Waals surface area contributed by atoms with Gasteiger partial charge in [-0.25, -0.2) is 0 Å². The van der Waals surface area contributed by atoms with Gasteiger partial charge in [-0.2, -0.15) is 0 Å². The van der Waals surface area contributed by atoms with E-state index in [0.29, 0.717) is 19.0 Å². The van der Waals surface area contributed by atoms with Gasteiger partial charge in [0.05, 0.1) is 26.4 Å². The van der Waals surface area contributed by atoms with Crippen LogP contribution >= 0.6 is 0 Å². The van der Waals surface area contributed by atoms with Gasteiger partial charge < -0.3 is 19.9 Å². The standard InChI is InChI=1S/C13H21NO3/c1-5-17-9-13(2,14)11-7-6-10(15-3)8-12(11)16-4/h6-8H,5,9,14H2,1-4H3. The highest BCUT2D eigenvalue weighted by Gasteiger charge is 2.25. The molecule has 0 fully saturated rings. The summed E-state index contributed by atoms with van der Waals surface area (Å²) >= 11 is 0. The fraction of sp³-hybridized carbons (Fsp3) is 0.538. The summed E-state index contributed by atoms with van der Waals surface area (Å²) in [5.74, 6) is 1.46. The number of benzene rings is 1. The van der Waals surface area contributed by atoms with E-state index >= 15 is 0 Å². The maximum Gasteiger partial charge on any atom is 0.127 e. The molecule has 0 heterocycles. The summed E-state index contributed by atoms with van der Waals surface area (Å²) in [5.41, 5.74) is 6.58. The first-order valence-corrected chi connectivity index (χ1v) is 5.64. The molecule has 1 rings (SSSR count). The predicted molar refractivity (Wildman–Crippen MR) is 67.6 cm³/mol. The van der Waals surface area contributed by atoms with E-state index in [1.165, 1.54) is 0 Å². The zero-order valence-corrected chi connectivity index (χ0v) is 10.9. The van der Waals surface area contributed by atoms with E-state index in [1.54, 1.807) is 14.2 Å². The molecular formula is C13H21NO3. The van der Waals surface area contributed by atoms with Gasteiger partial charge in [0.2, 0.25) is 0 Å². The Morgan fingerprint density at radius 1 is 1.24 bits per heavy atom. The van der Waals surface area contributed by atoms with Gasteiger partial charge in [0, 0.05) is 18.2 Å². The van der Waals surface area contributed by atoms with Gasteiger partial charge in [-0.05, 0) is 26.0 Å². The zero-order valence-electron chi connectivity index (χ0n) is 10.9. The van der Waals surface area contributed by atoms with Gasteiger partial charge in [-0.1, -0.05) is 0 Å². The molecular weight excluding hydrogens is 218 g/mol. The molecule has 0 aliphatic rings. The van der Waals surface area contributed by atoms with Crippen LogP contribution in [0, 0.1) is 0 Å². The molecule has 96 valence electrons. The van der Waals surface area contributed by atoms with Crippen LogP contribution in [0.3, 0.4) is 0 Å². The van der Waals surface area contributed by atoms with Crippen molar-refractivity contribution in [2.45, 2.75) is 19.4 Å². The van der Waals surface area contributed by atoms with E-state index in [9.17, 15) is 0 Å². The normalized spacial score (nSPS) is 14.2. The molecule has 0 radical (unpaired) electrons. The maximum absolute atomic E-state index is 6.25. The van der Waals surface area contributed by atoms with Crippen molar-refractivity contribution < 1.29 is 14.2 Å². The lowest BCUT2D eigenvalue weighted by atomic mass is 9.93. The van der Waals surface area contributed by atoms with Crippen LogP contribution in [-0.2, 0) is 10.3 Å². The summed E-state index contributed by atoms with van der Waals surface area (Å²) in [6.07, 6.45) is 0. The first kappa shape index (κ1) is 13.8. The summed E-state index contributed by atoms with van der Waals surface area (Å²) < 4.78 is 15.9. The minimum absolute atomic E-state index is 0.451. The van der Waals surface area contributed by atoms with Crippen LogP contribution in [0.1, 0.15) is 19.4 Å². The van der Waals surface area contributed by atoms with Gasteiger partial charge in [0.15, 0.2) is 0 Å². The molecule has 0 bridgehead atoms. The lowest BCUT2D eigenvalue weighted by Gasteiger charge is -2.26. The third-order valence-corrected chi connectivity index (χ3v) is 2.63. The van der Waals surface area contributed by atoms with Crippen LogP contribution in [0.4, 0.5) is 0 Å². The Morgan fingerprint density at radius 3 is 2.47 bits per heavy atom. The molecule has 1 atom stereocenters. The molecule has 1 aromatic carbocycles. The minimum Gasteiger partial charge on any atom is -0.497 e. The molecule has 0 saturated heterocycles. The largest absolute Gasteiger partial charge is 0.497 e. The van der Waals surface area contributed by atoms with Crippen molar-refractivity contribution >= 4 is 0 Å². The van der Waals surface area contributed by atoms with Crippen LogP contribution in [-0.4, -0.2) is 27.4 Å². The van der Waals surface area contributed by atoms with Crippen LogP contribution in [0.25, 0.3) is 0 Å². The maximum atomic E-state index is 6.25. The first-order chi connectivity index (χ1) is 8.05. The van der Waals surface area contributed by atoms with Gasteiger partial charge in [-0.3, -0.25) is 0 Å². The Morgan fingerprint density at radius 2 is 1.94 bits per heavy atom. The Kier molecular flexibility index (Phi) is 4.78. The van der Waals surface area contributed by atoms with Crippen LogP contribution in [0.15, 0.2) is 18.2 Å². The van der Waals surface area contributed by atoms with E-state index in [1.807, 2.05) is 32.0 Å². The van der Waals surface area contributed by atoms with Gasteiger partial charge in [0.25, 0.3) is 0 Å². The van der Waals surface area contributed by atoms with Crippen LogP contribution in [0.2, 0.25) is 0 Å². The molecule has 4 heteroatoms. The third kappa shape index (κ3) is 3.35. The topological polar surface area (TPSA) is 53.7 Å². The van der Waals surface area contributed by atoms with Crippen molar-refractivity contribution in [3.05, 3.63) is 23.8 Å². The molecule has 0 amide bonds. The van der Waals surface area contributed by atoms with Crippen molar-refractivity contribution in [1.82, 2.24) is 0 Å². The lowest BCUT2D eigenvalue weighted by molar-refractivity contribution is 0.0996. The van der Waals surface area contributed by atoms with Crippen molar-refractivity contribution in [1.29, 1.82) is 0 Å². The highest BCUT2D eigenvalue weighted by atomic mass is 16.5. The fourth-order valence-corrected chi connectivity index (χ4v) is 1.66. The van der Waals surface area contributed by atoms with Crippen molar-refractivity contribution in [2.75, 3.05) is 27.4 Å². The van der Waals surface area contributed by atoms with Crippen LogP contribution < -0.4 is 15.2 Å². The Balaban J connectivity index is 3.03. The molecule has 2 N–H and O–H groups in total. The quantitative estimate of drug-likeness (QED) is 0.824. The number of methoxy groups -OCH3 is 2. The van der Waals surface area contributed by atoms with E-state index in [-0.39, 0.29) is 0 Å². The number of ether oxygens (including phenoxy) is 3. The molecule has 0 aromatic heterocycles. The average molecular weight is 239 g/mol. The SMILES string of the molecule is CCOCC(C)(N)c1ccc(OC)cc1OC. The van der Waals surface area contributed by atoms with Gasteiger partial charge in [0.1, 0.15) is 11.5 Å². The second-order valence-electron chi connectivity index (χ2n) is 4.12. The minimum atomic E-state index is -0.576. The molecule has 17 heavy (non-hydrogen) atoms. The Labute approximate surface area is 103 Å². The first-order valence-electron chi connectivity index (χ1n) is 5.64. The second-order valence-corrected chi connectivity index (χ2v) is 4.12. The van der Waals surface area contributed by atoms with Crippen molar-refractivity contribution in [3.8, 4) is 11.5 Å². The molecule has 0 aliphatic heterocycles. The lowest BCUT2D eigenvalue weighted by Crippen LogP contribution is -2.38. The predicted octanol–water partition coefficient (Wildman–Crippen LogP) is 1.91. The van der Waals surface area contributed by atoms with E-state index in [2.05, 4.69) is 0 Å². The second kappa shape index (κ2) is 5.89. The summed E-state index contributed by atoms with van der Waals surface area (Å²) in [4.78, 5) is 0. The summed E-state index contributed by atoms with van der Waals surface area (Å²) in [7, 11) is 3.24. The molecule has 0 aliphatic carbocycles. The van der Waals surface area contributed by atoms with E-state index in [4.69, 9.17) is 19.9 Å². The molecule has 0 saturated carbocycles. The monoisotopic (exact) mass is 239 g/mol. The Bertz CT molecular complexity index is 364. The van der Waals surface area contributed by atoms with E-state index in [0.717, 1.165) is 11.3 Å². The van der Waals surface area contributed by atoms with E-state index < -0.39 is 5.54 Å². The number of hydrogen-bond donors (Lipinski definition) is 1. The molecule has 4 nitrogen and oxygen atoms in total. The third-order valence-electron chi connectivity index (χ3n) is 2.63. The van der Waals surface area contributed by atoms with Crippen LogP contribution in [0.5, 0.6) is 11.5 Å².